The summed E-state index contributed by atoms with van der Waals surface area (Å²) in [6, 6.07) is 6.37. The first-order valence-electron chi connectivity index (χ1n) is 6.14. The Hall–Kier alpha value is -1.34. The Morgan fingerprint density at radius 3 is 2.70 bits per heavy atom. The summed E-state index contributed by atoms with van der Waals surface area (Å²) in [5.74, 6) is 0.252. The average Bonchev–Trinajstić information content (AvgIpc) is 2.48. The molecule has 1 atom stereocenters. The summed E-state index contributed by atoms with van der Waals surface area (Å²) < 4.78 is 0. The van der Waals surface area contributed by atoms with Crippen molar-refractivity contribution in [3.05, 3.63) is 24.3 Å². The van der Waals surface area contributed by atoms with E-state index in [2.05, 4.69) is 5.32 Å². The van der Waals surface area contributed by atoms with Crippen LogP contribution in [0.5, 0.6) is 0 Å². The maximum Gasteiger partial charge on any atom is 0.327 e. The summed E-state index contributed by atoms with van der Waals surface area (Å²) in [4.78, 5) is 25.8. The van der Waals surface area contributed by atoms with Gasteiger partial charge in [0.15, 0.2) is 0 Å². The molecule has 1 aliphatic heterocycles. The fourth-order valence-corrected chi connectivity index (χ4v) is 3.37. The Bertz CT molecular complexity index is 493. The maximum absolute atomic E-state index is 12.2. The van der Waals surface area contributed by atoms with Crippen molar-refractivity contribution in [2.75, 3.05) is 29.6 Å². The second-order valence-corrected chi connectivity index (χ2v) is 6.31. The molecule has 2 amide bonds. The van der Waals surface area contributed by atoms with Crippen LogP contribution in [0.15, 0.2) is 29.2 Å². The number of benzene rings is 1. The molecule has 1 unspecified atom stereocenters. The van der Waals surface area contributed by atoms with E-state index in [9.17, 15) is 9.59 Å². The highest BCUT2D eigenvalue weighted by atomic mass is 32.2. The van der Waals surface area contributed by atoms with E-state index in [-0.39, 0.29) is 6.03 Å². The minimum Gasteiger partial charge on any atom is -0.480 e. The lowest BCUT2D eigenvalue weighted by atomic mass is 10.3. The molecule has 0 saturated carbocycles. The van der Waals surface area contributed by atoms with E-state index in [1.807, 2.05) is 30.5 Å². The Balaban J connectivity index is 2.03. The van der Waals surface area contributed by atoms with E-state index in [0.29, 0.717) is 18.0 Å². The number of hydrogen-bond acceptors (Lipinski definition) is 4. The average molecular weight is 312 g/mol. The van der Waals surface area contributed by atoms with Crippen LogP contribution in [0.3, 0.4) is 0 Å². The molecule has 0 spiro atoms. The van der Waals surface area contributed by atoms with Crippen LogP contribution in [0.2, 0.25) is 0 Å². The van der Waals surface area contributed by atoms with E-state index in [0.717, 1.165) is 10.6 Å². The molecule has 108 valence electrons. The second-order valence-electron chi connectivity index (χ2n) is 4.28. The molecule has 5 nitrogen and oxygen atoms in total. The van der Waals surface area contributed by atoms with Crippen LogP contribution in [0, 0.1) is 0 Å². The lowest BCUT2D eigenvalue weighted by Crippen LogP contribution is -2.51. The van der Waals surface area contributed by atoms with Gasteiger partial charge in [-0.25, -0.2) is 9.59 Å². The van der Waals surface area contributed by atoms with Gasteiger partial charge in [-0.2, -0.15) is 11.8 Å². The molecule has 20 heavy (non-hydrogen) atoms. The SMILES string of the molecule is CSc1ccc(NC(=O)N2CCSCC2C(=O)O)cc1. The van der Waals surface area contributed by atoms with Gasteiger partial charge >= 0.3 is 12.0 Å². The highest BCUT2D eigenvalue weighted by Gasteiger charge is 2.32. The van der Waals surface area contributed by atoms with Gasteiger partial charge in [0.25, 0.3) is 0 Å². The van der Waals surface area contributed by atoms with E-state index in [1.165, 1.54) is 4.90 Å². The zero-order valence-electron chi connectivity index (χ0n) is 11.0. The number of thioether (sulfide) groups is 2. The topological polar surface area (TPSA) is 69.6 Å². The van der Waals surface area contributed by atoms with Crippen molar-refractivity contribution in [1.82, 2.24) is 4.90 Å². The monoisotopic (exact) mass is 312 g/mol. The van der Waals surface area contributed by atoms with Gasteiger partial charge < -0.3 is 15.3 Å². The molecule has 0 aromatic heterocycles. The third-order valence-corrected chi connectivity index (χ3v) is 4.78. The molecular formula is C13H16N2O3S2. The summed E-state index contributed by atoms with van der Waals surface area (Å²) in [5, 5.41) is 11.9. The van der Waals surface area contributed by atoms with Crippen LogP contribution in [-0.4, -0.2) is 52.4 Å². The van der Waals surface area contributed by atoms with Gasteiger partial charge in [-0.15, -0.1) is 11.8 Å². The largest absolute Gasteiger partial charge is 0.480 e. The summed E-state index contributed by atoms with van der Waals surface area (Å²) in [7, 11) is 0. The Kier molecular flexibility index (Phi) is 5.19. The fourth-order valence-electron chi connectivity index (χ4n) is 1.92. The van der Waals surface area contributed by atoms with Crippen molar-refractivity contribution in [2.45, 2.75) is 10.9 Å². The number of nitrogens with one attached hydrogen (secondary N) is 1. The summed E-state index contributed by atoms with van der Waals surface area (Å²) in [5.41, 5.74) is 0.676. The quantitative estimate of drug-likeness (QED) is 0.839. The third kappa shape index (κ3) is 3.61. The number of urea groups is 1. The number of carbonyl (C=O) groups excluding carboxylic acids is 1. The van der Waals surface area contributed by atoms with Crippen LogP contribution >= 0.6 is 23.5 Å². The molecule has 7 heteroatoms. The van der Waals surface area contributed by atoms with Crippen molar-refractivity contribution >= 4 is 41.2 Å². The number of aliphatic carboxylic acids is 1. The number of amides is 2. The van der Waals surface area contributed by atoms with Gasteiger partial charge in [-0.1, -0.05) is 0 Å². The van der Waals surface area contributed by atoms with Gasteiger partial charge in [0.1, 0.15) is 6.04 Å². The Morgan fingerprint density at radius 1 is 1.40 bits per heavy atom. The van der Waals surface area contributed by atoms with Gasteiger partial charge in [0, 0.05) is 28.6 Å². The number of hydrogen-bond donors (Lipinski definition) is 2. The minimum atomic E-state index is -0.954. The first kappa shape index (κ1) is 15.1. The molecule has 0 bridgehead atoms. The number of carboxylic acid groups (broad SMARTS) is 1. The molecule has 1 aromatic carbocycles. The highest BCUT2D eigenvalue weighted by molar-refractivity contribution is 7.99. The number of carbonyl (C=O) groups is 2. The molecule has 2 rings (SSSR count). The molecule has 1 saturated heterocycles. The summed E-state index contributed by atoms with van der Waals surface area (Å²) in [6.07, 6.45) is 1.98. The van der Waals surface area contributed by atoms with Gasteiger partial charge in [0.2, 0.25) is 0 Å². The van der Waals surface area contributed by atoms with Crippen LogP contribution in [0.25, 0.3) is 0 Å². The lowest BCUT2D eigenvalue weighted by molar-refractivity contribution is -0.141. The smallest absolute Gasteiger partial charge is 0.327 e. The van der Waals surface area contributed by atoms with E-state index in [4.69, 9.17) is 5.11 Å². The molecule has 1 heterocycles. The lowest BCUT2D eigenvalue weighted by Gasteiger charge is -2.32. The van der Waals surface area contributed by atoms with Crippen molar-refractivity contribution in [3.8, 4) is 0 Å². The fraction of sp³-hybridized carbons (Fsp3) is 0.385. The molecule has 2 N–H and O–H groups in total. The Morgan fingerprint density at radius 2 is 2.10 bits per heavy atom. The molecule has 0 aliphatic carbocycles. The molecule has 0 radical (unpaired) electrons. The third-order valence-electron chi connectivity index (χ3n) is 3.02. The molecular weight excluding hydrogens is 296 g/mol. The van der Waals surface area contributed by atoms with Gasteiger partial charge in [-0.3, -0.25) is 0 Å². The van der Waals surface area contributed by atoms with Crippen molar-refractivity contribution in [3.63, 3.8) is 0 Å². The minimum absolute atomic E-state index is 0.352. The molecule has 1 aliphatic rings. The predicted octanol–water partition coefficient (Wildman–Crippen LogP) is 2.44. The Labute approximate surface area is 126 Å². The zero-order chi connectivity index (χ0) is 14.5. The highest BCUT2D eigenvalue weighted by Crippen LogP contribution is 2.20. The summed E-state index contributed by atoms with van der Waals surface area (Å²) >= 11 is 3.18. The van der Waals surface area contributed by atoms with Crippen LogP contribution in [0.1, 0.15) is 0 Å². The van der Waals surface area contributed by atoms with Crippen LogP contribution < -0.4 is 5.32 Å². The summed E-state index contributed by atoms with van der Waals surface area (Å²) in [6.45, 7) is 0.455. The number of rotatable bonds is 3. The first-order valence-corrected chi connectivity index (χ1v) is 8.52. The first-order chi connectivity index (χ1) is 9.61. The predicted molar refractivity (Wildman–Crippen MR) is 82.7 cm³/mol. The second kappa shape index (κ2) is 6.90. The van der Waals surface area contributed by atoms with E-state index >= 15 is 0 Å². The normalized spacial score (nSPS) is 18.6. The van der Waals surface area contributed by atoms with Crippen LogP contribution in [-0.2, 0) is 4.79 Å². The standard InChI is InChI=1S/C13H16N2O3S2/c1-19-10-4-2-9(3-5-10)14-13(18)15-6-7-20-8-11(15)12(16)17/h2-5,11H,6-8H2,1H3,(H,14,18)(H,16,17). The van der Waals surface area contributed by atoms with E-state index < -0.39 is 12.0 Å². The molecule has 1 aromatic rings. The van der Waals surface area contributed by atoms with Gasteiger partial charge in [0.05, 0.1) is 0 Å². The number of anilines is 1. The van der Waals surface area contributed by atoms with Gasteiger partial charge in [-0.05, 0) is 30.5 Å². The van der Waals surface area contributed by atoms with Crippen molar-refractivity contribution in [2.24, 2.45) is 0 Å². The zero-order valence-corrected chi connectivity index (χ0v) is 12.7. The van der Waals surface area contributed by atoms with E-state index in [1.54, 1.807) is 23.5 Å². The van der Waals surface area contributed by atoms with Crippen LogP contribution in [0.4, 0.5) is 10.5 Å². The molecule has 1 fully saturated rings. The number of carboxylic acids is 1. The van der Waals surface area contributed by atoms with Crippen molar-refractivity contribution < 1.29 is 14.7 Å². The number of nitrogens with zero attached hydrogens (tertiary/aromatic N) is 1. The van der Waals surface area contributed by atoms with Crippen molar-refractivity contribution in [1.29, 1.82) is 0 Å². The maximum atomic E-state index is 12.2.